The summed E-state index contributed by atoms with van der Waals surface area (Å²) in [5, 5.41) is 2.21. The van der Waals surface area contributed by atoms with Crippen molar-refractivity contribution in [1.29, 1.82) is 0 Å². The Bertz CT molecular complexity index is 447. The molecular formula is C10H9FOS. The van der Waals surface area contributed by atoms with E-state index in [0.29, 0.717) is 5.39 Å². The smallest absolute Gasteiger partial charge is 0.141 e. The highest BCUT2D eigenvalue weighted by molar-refractivity contribution is 7.17. The van der Waals surface area contributed by atoms with Crippen LogP contribution in [-0.4, -0.2) is 7.11 Å². The van der Waals surface area contributed by atoms with Crippen molar-refractivity contribution in [2.24, 2.45) is 0 Å². The van der Waals surface area contributed by atoms with E-state index in [-0.39, 0.29) is 5.82 Å². The topological polar surface area (TPSA) is 9.23 Å². The van der Waals surface area contributed by atoms with Gasteiger partial charge in [-0.05, 0) is 19.1 Å². The lowest BCUT2D eigenvalue weighted by Gasteiger charge is -2.04. The molecule has 0 spiro atoms. The number of benzene rings is 1. The number of rotatable bonds is 1. The van der Waals surface area contributed by atoms with Gasteiger partial charge in [-0.3, -0.25) is 0 Å². The lowest BCUT2D eigenvalue weighted by Crippen LogP contribution is -1.86. The van der Waals surface area contributed by atoms with Crippen LogP contribution >= 0.6 is 11.3 Å². The van der Waals surface area contributed by atoms with Gasteiger partial charge in [0.25, 0.3) is 0 Å². The first-order valence-electron chi connectivity index (χ1n) is 3.94. The number of methoxy groups -OCH3 is 1. The van der Waals surface area contributed by atoms with Crippen LogP contribution in [0.25, 0.3) is 10.1 Å². The molecule has 1 aromatic heterocycles. The summed E-state index contributed by atoms with van der Waals surface area (Å²) in [5.74, 6) is 0.667. The maximum absolute atomic E-state index is 13.1. The quantitative estimate of drug-likeness (QED) is 0.679. The van der Waals surface area contributed by atoms with Gasteiger partial charge in [0.05, 0.1) is 7.11 Å². The van der Waals surface area contributed by atoms with Gasteiger partial charge in [0.2, 0.25) is 0 Å². The van der Waals surface area contributed by atoms with Gasteiger partial charge in [-0.25, -0.2) is 4.39 Å². The Hall–Kier alpha value is -1.09. The van der Waals surface area contributed by atoms with E-state index >= 15 is 0 Å². The van der Waals surface area contributed by atoms with E-state index in [1.54, 1.807) is 19.2 Å². The Labute approximate surface area is 79.8 Å². The molecule has 0 N–H and O–H groups in total. The van der Waals surface area contributed by atoms with Gasteiger partial charge < -0.3 is 4.74 Å². The SMILES string of the molecule is COc1ccc2c(F)csc2c1C. The minimum Gasteiger partial charge on any atom is -0.496 e. The monoisotopic (exact) mass is 196 g/mol. The fourth-order valence-electron chi connectivity index (χ4n) is 1.41. The zero-order valence-corrected chi connectivity index (χ0v) is 8.24. The summed E-state index contributed by atoms with van der Waals surface area (Å²) in [6.07, 6.45) is 0. The van der Waals surface area contributed by atoms with Crippen molar-refractivity contribution in [2.45, 2.75) is 6.92 Å². The molecule has 1 aromatic carbocycles. The molecule has 1 nitrogen and oxygen atoms in total. The molecule has 2 rings (SSSR count). The predicted molar refractivity (Wildman–Crippen MR) is 53.1 cm³/mol. The van der Waals surface area contributed by atoms with Crippen LogP contribution in [0, 0.1) is 12.7 Å². The molecule has 0 amide bonds. The highest BCUT2D eigenvalue weighted by Crippen LogP contribution is 2.32. The van der Waals surface area contributed by atoms with Crippen molar-refractivity contribution in [1.82, 2.24) is 0 Å². The van der Waals surface area contributed by atoms with Crippen molar-refractivity contribution in [3.05, 3.63) is 28.9 Å². The van der Waals surface area contributed by atoms with E-state index in [1.807, 2.05) is 6.92 Å². The van der Waals surface area contributed by atoms with Gasteiger partial charge >= 0.3 is 0 Å². The zero-order valence-electron chi connectivity index (χ0n) is 7.43. The highest BCUT2D eigenvalue weighted by atomic mass is 32.1. The van der Waals surface area contributed by atoms with E-state index in [0.717, 1.165) is 16.0 Å². The third-order valence-corrected chi connectivity index (χ3v) is 3.20. The van der Waals surface area contributed by atoms with E-state index in [9.17, 15) is 4.39 Å². The molecule has 0 atom stereocenters. The Morgan fingerprint density at radius 3 is 2.85 bits per heavy atom. The molecule has 3 heteroatoms. The molecule has 0 radical (unpaired) electrons. The summed E-state index contributed by atoms with van der Waals surface area (Å²) in [7, 11) is 1.62. The average molecular weight is 196 g/mol. The van der Waals surface area contributed by atoms with Crippen molar-refractivity contribution in [2.75, 3.05) is 7.11 Å². The molecule has 0 aliphatic heterocycles. The molecule has 0 saturated heterocycles. The number of fused-ring (bicyclic) bond motifs is 1. The van der Waals surface area contributed by atoms with Gasteiger partial charge in [-0.15, -0.1) is 11.3 Å². The van der Waals surface area contributed by atoms with Crippen LogP contribution in [0.15, 0.2) is 17.5 Å². The molecule has 0 unspecified atom stereocenters. The van der Waals surface area contributed by atoms with Crippen molar-refractivity contribution >= 4 is 21.4 Å². The summed E-state index contributed by atoms with van der Waals surface area (Å²) in [6, 6.07) is 3.56. The molecule has 0 aliphatic rings. The number of thiophene rings is 1. The average Bonchev–Trinajstić information content (AvgIpc) is 2.50. The van der Waals surface area contributed by atoms with Crippen LogP contribution in [0.4, 0.5) is 4.39 Å². The van der Waals surface area contributed by atoms with Crippen LogP contribution in [0.2, 0.25) is 0 Å². The fourth-order valence-corrected chi connectivity index (χ4v) is 2.33. The third kappa shape index (κ3) is 1.20. The zero-order chi connectivity index (χ0) is 9.42. The van der Waals surface area contributed by atoms with Crippen LogP contribution in [0.1, 0.15) is 5.56 Å². The van der Waals surface area contributed by atoms with Gasteiger partial charge in [0.15, 0.2) is 0 Å². The molecule has 13 heavy (non-hydrogen) atoms. The number of hydrogen-bond donors (Lipinski definition) is 0. The van der Waals surface area contributed by atoms with Crippen LogP contribution in [0.3, 0.4) is 0 Å². The largest absolute Gasteiger partial charge is 0.496 e. The second-order valence-electron chi connectivity index (χ2n) is 2.85. The Kier molecular flexibility index (Phi) is 1.96. The summed E-state index contributed by atoms with van der Waals surface area (Å²) in [6.45, 7) is 1.94. The highest BCUT2D eigenvalue weighted by Gasteiger charge is 2.08. The predicted octanol–water partition coefficient (Wildman–Crippen LogP) is 3.36. The summed E-state index contributed by atoms with van der Waals surface area (Å²) >= 11 is 1.42. The van der Waals surface area contributed by atoms with Gasteiger partial charge in [0, 0.05) is 21.0 Å². The number of hydrogen-bond acceptors (Lipinski definition) is 2. The van der Waals surface area contributed by atoms with Crippen LogP contribution in [-0.2, 0) is 0 Å². The molecule has 1 heterocycles. The Balaban J connectivity index is 2.80. The normalized spacial score (nSPS) is 10.7. The van der Waals surface area contributed by atoms with Gasteiger partial charge in [0.1, 0.15) is 11.6 Å². The van der Waals surface area contributed by atoms with Crippen LogP contribution < -0.4 is 4.74 Å². The maximum atomic E-state index is 13.1. The third-order valence-electron chi connectivity index (χ3n) is 2.11. The minimum absolute atomic E-state index is 0.147. The van der Waals surface area contributed by atoms with Crippen molar-refractivity contribution in [3.8, 4) is 5.75 Å². The Morgan fingerprint density at radius 1 is 1.38 bits per heavy atom. The van der Waals surface area contributed by atoms with Crippen molar-refractivity contribution < 1.29 is 9.13 Å². The number of halogens is 1. The summed E-state index contributed by atoms with van der Waals surface area (Å²) in [4.78, 5) is 0. The Morgan fingerprint density at radius 2 is 2.15 bits per heavy atom. The second-order valence-corrected chi connectivity index (χ2v) is 3.73. The fraction of sp³-hybridized carbons (Fsp3) is 0.200. The van der Waals surface area contributed by atoms with Gasteiger partial charge in [-0.1, -0.05) is 0 Å². The molecule has 2 aromatic rings. The second kappa shape index (κ2) is 3.00. The first kappa shape index (κ1) is 8.51. The molecule has 0 bridgehead atoms. The molecule has 0 fully saturated rings. The van der Waals surface area contributed by atoms with Crippen LogP contribution in [0.5, 0.6) is 5.75 Å². The standard InChI is InChI=1S/C10H9FOS/c1-6-9(12-2)4-3-7-8(11)5-13-10(6)7/h3-5H,1-2H3. The first-order valence-corrected chi connectivity index (χ1v) is 4.82. The van der Waals surface area contributed by atoms with E-state index in [2.05, 4.69) is 0 Å². The summed E-state index contributed by atoms with van der Waals surface area (Å²) < 4.78 is 19.2. The molecular weight excluding hydrogens is 187 g/mol. The molecule has 0 saturated carbocycles. The first-order chi connectivity index (χ1) is 6.24. The van der Waals surface area contributed by atoms with E-state index in [4.69, 9.17) is 4.74 Å². The van der Waals surface area contributed by atoms with E-state index in [1.165, 1.54) is 16.7 Å². The minimum atomic E-state index is -0.147. The lowest BCUT2D eigenvalue weighted by molar-refractivity contribution is 0.412. The number of ether oxygens (including phenoxy) is 1. The lowest BCUT2D eigenvalue weighted by atomic mass is 10.1. The summed E-state index contributed by atoms with van der Waals surface area (Å²) in [5.41, 5.74) is 1.01. The van der Waals surface area contributed by atoms with E-state index < -0.39 is 0 Å². The maximum Gasteiger partial charge on any atom is 0.141 e. The number of aryl methyl sites for hydroxylation is 1. The molecule has 0 aliphatic carbocycles. The van der Waals surface area contributed by atoms with Crippen molar-refractivity contribution in [3.63, 3.8) is 0 Å². The molecule has 68 valence electrons. The van der Waals surface area contributed by atoms with Gasteiger partial charge in [-0.2, -0.15) is 0 Å².